The molecule has 3 N–H and O–H groups in total. The SMILES string of the molecule is NC(=S)Cc1cc(O)ccc1[N+](=O)[O-]. The molecule has 1 aromatic carbocycles. The van der Waals surface area contributed by atoms with Gasteiger partial charge in [-0.25, -0.2) is 0 Å². The molecule has 0 aliphatic carbocycles. The normalized spacial score (nSPS) is 9.71. The van der Waals surface area contributed by atoms with Gasteiger partial charge in [0.05, 0.1) is 9.91 Å². The Balaban J connectivity index is 3.15. The van der Waals surface area contributed by atoms with E-state index in [1.165, 1.54) is 18.2 Å². The first-order valence-corrected chi connectivity index (χ1v) is 4.16. The van der Waals surface area contributed by atoms with Crippen molar-refractivity contribution in [2.75, 3.05) is 0 Å². The van der Waals surface area contributed by atoms with E-state index in [0.29, 0.717) is 5.56 Å². The fourth-order valence-electron chi connectivity index (χ4n) is 1.08. The Bertz CT molecular complexity index is 392. The summed E-state index contributed by atoms with van der Waals surface area (Å²) < 4.78 is 0. The number of benzene rings is 1. The van der Waals surface area contributed by atoms with Gasteiger partial charge in [-0.05, 0) is 12.1 Å². The van der Waals surface area contributed by atoms with Gasteiger partial charge in [0.25, 0.3) is 5.69 Å². The molecule has 0 unspecified atom stereocenters. The number of nitro benzene ring substituents is 1. The van der Waals surface area contributed by atoms with E-state index in [1.54, 1.807) is 0 Å². The highest BCUT2D eigenvalue weighted by molar-refractivity contribution is 7.80. The lowest BCUT2D eigenvalue weighted by Crippen LogP contribution is -2.12. The van der Waals surface area contributed by atoms with Crippen LogP contribution in [0, 0.1) is 10.1 Å². The van der Waals surface area contributed by atoms with Crippen LogP contribution in [0.5, 0.6) is 5.75 Å². The topological polar surface area (TPSA) is 89.4 Å². The molecule has 6 heteroatoms. The molecule has 14 heavy (non-hydrogen) atoms. The van der Waals surface area contributed by atoms with Gasteiger partial charge in [-0.3, -0.25) is 10.1 Å². The molecule has 0 radical (unpaired) electrons. The zero-order valence-electron chi connectivity index (χ0n) is 7.14. The van der Waals surface area contributed by atoms with Crippen LogP contribution in [0.1, 0.15) is 5.56 Å². The third-order valence-electron chi connectivity index (χ3n) is 1.62. The highest BCUT2D eigenvalue weighted by Gasteiger charge is 2.14. The monoisotopic (exact) mass is 212 g/mol. The van der Waals surface area contributed by atoms with Crippen LogP contribution in [-0.4, -0.2) is 15.0 Å². The summed E-state index contributed by atoms with van der Waals surface area (Å²) in [6.07, 6.45) is 0.111. The van der Waals surface area contributed by atoms with Gasteiger partial charge >= 0.3 is 0 Å². The maximum atomic E-state index is 10.6. The smallest absolute Gasteiger partial charge is 0.273 e. The van der Waals surface area contributed by atoms with Crippen molar-refractivity contribution in [2.45, 2.75) is 6.42 Å². The third-order valence-corrected chi connectivity index (χ3v) is 1.77. The van der Waals surface area contributed by atoms with Crippen LogP contribution in [0.15, 0.2) is 18.2 Å². The summed E-state index contributed by atoms with van der Waals surface area (Å²) in [6.45, 7) is 0. The molecule has 0 atom stereocenters. The van der Waals surface area contributed by atoms with Crippen molar-refractivity contribution >= 4 is 22.9 Å². The first kappa shape index (κ1) is 10.4. The number of hydrogen-bond donors (Lipinski definition) is 2. The Morgan fingerprint density at radius 3 is 2.79 bits per heavy atom. The van der Waals surface area contributed by atoms with Crippen LogP contribution in [0.3, 0.4) is 0 Å². The van der Waals surface area contributed by atoms with E-state index >= 15 is 0 Å². The fourth-order valence-corrected chi connectivity index (χ4v) is 1.23. The third kappa shape index (κ3) is 2.40. The molecule has 0 saturated carbocycles. The number of nitro groups is 1. The molecule has 0 aliphatic rings. The predicted molar refractivity (Wildman–Crippen MR) is 55.3 cm³/mol. The van der Waals surface area contributed by atoms with Gasteiger partial charge in [0.2, 0.25) is 0 Å². The lowest BCUT2D eigenvalue weighted by atomic mass is 10.1. The van der Waals surface area contributed by atoms with Gasteiger partial charge in [-0.15, -0.1) is 0 Å². The number of nitrogens with two attached hydrogens (primary N) is 1. The van der Waals surface area contributed by atoms with Crippen molar-refractivity contribution in [3.63, 3.8) is 0 Å². The van der Waals surface area contributed by atoms with E-state index in [1.807, 2.05) is 0 Å². The maximum Gasteiger partial charge on any atom is 0.273 e. The zero-order valence-corrected chi connectivity index (χ0v) is 7.95. The highest BCUT2D eigenvalue weighted by Crippen LogP contribution is 2.23. The second-order valence-electron chi connectivity index (χ2n) is 2.71. The number of nitrogens with zero attached hydrogens (tertiary/aromatic N) is 1. The predicted octanol–water partition coefficient (Wildman–Crippen LogP) is 1.13. The van der Waals surface area contributed by atoms with Crippen molar-refractivity contribution in [3.05, 3.63) is 33.9 Å². The highest BCUT2D eigenvalue weighted by atomic mass is 32.1. The van der Waals surface area contributed by atoms with Gasteiger partial charge in [0.1, 0.15) is 5.75 Å². The van der Waals surface area contributed by atoms with Crippen molar-refractivity contribution in [1.29, 1.82) is 0 Å². The van der Waals surface area contributed by atoms with Crippen molar-refractivity contribution < 1.29 is 10.0 Å². The molecule has 0 heterocycles. The Morgan fingerprint density at radius 1 is 1.64 bits per heavy atom. The molecular formula is C8H8N2O3S. The lowest BCUT2D eigenvalue weighted by Gasteiger charge is -2.01. The molecule has 1 rings (SSSR count). The molecule has 0 amide bonds. The van der Waals surface area contributed by atoms with Gasteiger partial charge in [0.15, 0.2) is 0 Å². The summed E-state index contributed by atoms with van der Waals surface area (Å²) in [6, 6.07) is 3.77. The summed E-state index contributed by atoms with van der Waals surface area (Å²) >= 11 is 4.64. The summed E-state index contributed by atoms with van der Waals surface area (Å²) in [7, 11) is 0. The standard InChI is InChI=1S/C8H8N2O3S/c9-8(14)4-5-3-6(11)1-2-7(5)10(12)13/h1-3,11H,4H2,(H2,9,14). The summed E-state index contributed by atoms with van der Waals surface area (Å²) in [5.41, 5.74) is 5.51. The van der Waals surface area contributed by atoms with Gasteiger partial charge in [-0.1, -0.05) is 12.2 Å². The number of rotatable bonds is 3. The van der Waals surface area contributed by atoms with Crippen molar-refractivity contribution in [2.24, 2.45) is 5.73 Å². The molecule has 1 aromatic rings. The second kappa shape index (κ2) is 4.01. The van der Waals surface area contributed by atoms with Gasteiger partial charge < -0.3 is 10.8 Å². The Morgan fingerprint density at radius 2 is 2.29 bits per heavy atom. The molecule has 0 bridgehead atoms. The van der Waals surface area contributed by atoms with E-state index in [4.69, 9.17) is 10.8 Å². The fraction of sp³-hybridized carbons (Fsp3) is 0.125. The molecule has 0 spiro atoms. The minimum absolute atomic E-state index is 0.0400. The van der Waals surface area contributed by atoms with E-state index in [2.05, 4.69) is 12.2 Å². The van der Waals surface area contributed by atoms with E-state index in [-0.39, 0.29) is 22.8 Å². The van der Waals surface area contributed by atoms with Crippen molar-refractivity contribution in [3.8, 4) is 5.75 Å². The zero-order chi connectivity index (χ0) is 10.7. The number of hydrogen-bond acceptors (Lipinski definition) is 4. The second-order valence-corrected chi connectivity index (χ2v) is 3.24. The Hall–Kier alpha value is -1.69. The number of aromatic hydroxyl groups is 1. The number of phenols is 1. The summed E-state index contributed by atoms with van der Waals surface area (Å²) in [5.74, 6) is -0.0400. The average Bonchev–Trinajstić information content (AvgIpc) is 2.01. The molecule has 0 saturated heterocycles. The van der Waals surface area contributed by atoms with E-state index in [9.17, 15) is 10.1 Å². The van der Waals surface area contributed by atoms with Crippen LogP contribution in [-0.2, 0) is 6.42 Å². The summed E-state index contributed by atoms with van der Waals surface area (Å²) in [4.78, 5) is 10.2. The first-order chi connectivity index (χ1) is 6.50. The van der Waals surface area contributed by atoms with Crippen molar-refractivity contribution in [1.82, 2.24) is 0 Å². The Labute approximate surface area is 85.3 Å². The van der Waals surface area contributed by atoms with Crippen LogP contribution >= 0.6 is 12.2 Å². The average molecular weight is 212 g/mol. The van der Waals surface area contributed by atoms with Crippen LogP contribution in [0.4, 0.5) is 5.69 Å². The van der Waals surface area contributed by atoms with Crippen LogP contribution < -0.4 is 5.73 Å². The maximum absolute atomic E-state index is 10.6. The number of phenolic OH excluding ortho intramolecular Hbond substituents is 1. The van der Waals surface area contributed by atoms with Crippen LogP contribution in [0.25, 0.3) is 0 Å². The minimum atomic E-state index is -0.535. The molecular weight excluding hydrogens is 204 g/mol. The summed E-state index contributed by atoms with van der Waals surface area (Å²) in [5, 5.41) is 19.7. The van der Waals surface area contributed by atoms with E-state index < -0.39 is 4.92 Å². The number of thiocarbonyl (C=S) groups is 1. The molecule has 0 aromatic heterocycles. The van der Waals surface area contributed by atoms with Gasteiger partial charge in [-0.2, -0.15) is 0 Å². The quantitative estimate of drug-likeness (QED) is 0.445. The molecule has 74 valence electrons. The first-order valence-electron chi connectivity index (χ1n) is 3.75. The minimum Gasteiger partial charge on any atom is -0.508 e. The van der Waals surface area contributed by atoms with Gasteiger partial charge in [0, 0.05) is 18.1 Å². The van der Waals surface area contributed by atoms with Crippen LogP contribution in [0.2, 0.25) is 0 Å². The molecule has 0 aliphatic heterocycles. The molecule has 5 nitrogen and oxygen atoms in total. The molecule has 0 fully saturated rings. The lowest BCUT2D eigenvalue weighted by molar-refractivity contribution is -0.385. The van der Waals surface area contributed by atoms with E-state index in [0.717, 1.165) is 0 Å². The Kier molecular flexibility index (Phi) is 2.98. The largest absolute Gasteiger partial charge is 0.508 e.